The molecular weight excluding hydrogens is 104 g/mol. The maximum atomic E-state index is 9.17. The maximum Gasteiger partial charge on any atom is 0.119 e. The van der Waals surface area contributed by atoms with Crippen LogP contribution >= 0.6 is 0 Å². The molecule has 0 atom stereocenters. The van der Waals surface area contributed by atoms with Crippen molar-refractivity contribution in [1.82, 2.24) is 0 Å². The van der Waals surface area contributed by atoms with E-state index < -0.39 is 0 Å². The topological polar surface area (TPSA) is 17.1 Å². The summed E-state index contributed by atoms with van der Waals surface area (Å²) >= 11 is 0. The van der Waals surface area contributed by atoms with E-state index in [0.29, 0.717) is 6.42 Å². The van der Waals surface area contributed by atoms with Crippen molar-refractivity contribution in [3.63, 3.8) is 0 Å². The number of aldehydes is 1. The molecule has 0 aromatic rings. The van der Waals surface area contributed by atoms with E-state index in [1.807, 2.05) is 6.92 Å². The van der Waals surface area contributed by atoms with Crippen molar-refractivity contribution < 1.29 is 22.2 Å². The Morgan fingerprint density at radius 1 is 1.80 bits per heavy atom. The maximum absolute atomic E-state index is 9.17. The summed E-state index contributed by atoms with van der Waals surface area (Å²) in [7, 11) is 0. The Morgan fingerprint density at radius 3 is 2.00 bits per heavy atom. The molecule has 0 saturated carbocycles. The van der Waals surface area contributed by atoms with Gasteiger partial charge in [0.15, 0.2) is 0 Å². The molecule has 0 saturated heterocycles. The first-order valence-corrected chi connectivity index (χ1v) is 1.35. The SMILES string of the molecule is CCC=O.[Cr]. The Balaban J connectivity index is 0. The molecule has 0 spiro atoms. The Hall–Kier alpha value is 0.202. The van der Waals surface area contributed by atoms with Crippen LogP contribution in [0.2, 0.25) is 0 Å². The number of hydrogen-bond donors (Lipinski definition) is 0. The first-order chi connectivity index (χ1) is 1.91. The zero-order valence-electron chi connectivity index (χ0n) is 3.10. The van der Waals surface area contributed by atoms with Crippen LogP contribution in [0.15, 0.2) is 0 Å². The minimum absolute atomic E-state index is 0. The van der Waals surface area contributed by atoms with Crippen LogP contribution in [0.25, 0.3) is 0 Å². The normalized spacial score (nSPS) is 5.00. The van der Waals surface area contributed by atoms with Crippen LogP contribution < -0.4 is 0 Å². The van der Waals surface area contributed by atoms with Crippen LogP contribution in [0, 0.1) is 0 Å². The fourth-order valence-electron chi connectivity index (χ4n) is 0. The summed E-state index contributed by atoms with van der Waals surface area (Å²) in [5.74, 6) is 0. The Labute approximate surface area is 42.5 Å². The second-order valence-electron chi connectivity index (χ2n) is 0.575. The van der Waals surface area contributed by atoms with E-state index in [9.17, 15) is 4.79 Å². The molecule has 2 heteroatoms. The van der Waals surface area contributed by atoms with E-state index >= 15 is 0 Å². The van der Waals surface area contributed by atoms with E-state index in [1.165, 1.54) is 0 Å². The molecule has 0 unspecified atom stereocenters. The molecular formula is C3H6CrO. The third-order valence-corrected chi connectivity index (χ3v) is 0.167. The quantitative estimate of drug-likeness (QED) is 0.451. The summed E-state index contributed by atoms with van der Waals surface area (Å²) < 4.78 is 0. The van der Waals surface area contributed by atoms with Gasteiger partial charge in [0.05, 0.1) is 0 Å². The molecule has 0 aliphatic heterocycles. The molecule has 0 bridgehead atoms. The van der Waals surface area contributed by atoms with Gasteiger partial charge in [0, 0.05) is 23.8 Å². The molecule has 0 aromatic carbocycles. The molecule has 0 aliphatic carbocycles. The number of hydrogen-bond acceptors (Lipinski definition) is 1. The predicted octanol–water partition coefficient (Wildman–Crippen LogP) is 0.593. The Bertz CT molecular complexity index is 20.9. The van der Waals surface area contributed by atoms with Crippen molar-refractivity contribution in [2.45, 2.75) is 13.3 Å². The molecule has 0 heterocycles. The second-order valence-corrected chi connectivity index (χ2v) is 0.575. The first-order valence-electron chi connectivity index (χ1n) is 1.35. The van der Waals surface area contributed by atoms with Gasteiger partial charge in [-0.05, 0) is 0 Å². The van der Waals surface area contributed by atoms with Gasteiger partial charge < -0.3 is 4.79 Å². The number of carbonyl (C=O) groups excluding carboxylic acids is 1. The van der Waals surface area contributed by atoms with Gasteiger partial charge >= 0.3 is 0 Å². The van der Waals surface area contributed by atoms with Gasteiger partial charge in [0.2, 0.25) is 0 Å². The standard InChI is InChI=1S/C3H6O.Cr/c1-2-3-4;/h3H,2H2,1H3;. The van der Waals surface area contributed by atoms with Gasteiger partial charge in [-0.15, -0.1) is 0 Å². The molecule has 1 nitrogen and oxygen atoms in total. The van der Waals surface area contributed by atoms with Crippen molar-refractivity contribution in [1.29, 1.82) is 0 Å². The minimum atomic E-state index is 0. The molecule has 0 rings (SSSR count). The minimum Gasteiger partial charge on any atom is -0.303 e. The largest absolute Gasteiger partial charge is 0.303 e. The van der Waals surface area contributed by atoms with Crippen LogP contribution in [0.4, 0.5) is 0 Å². The van der Waals surface area contributed by atoms with Gasteiger partial charge in [0.1, 0.15) is 6.29 Å². The van der Waals surface area contributed by atoms with E-state index in [1.54, 1.807) is 0 Å². The van der Waals surface area contributed by atoms with Crippen molar-refractivity contribution >= 4 is 6.29 Å². The summed E-state index contributed by atoms with van der Waals surface area (Å²) in [5.41, 5.74) is 0. The Kier molecular flexibility index (Phi) is 15.9. The summed E-state index contributed by atoms with van der Waals surface area (Å²) in [6.45, 7) is 1.81. The molecule has 30 valence electrons. The van der Waals surface area contributed by atoms with Crippen LogP contribution in [-0.4, -0.2) is 6.29 Å². The van der Waals surface area contributed by atoms with Crippen LogP contribution in [0.5, 0.6) is 0 Å². The fraction of sp³-hybridized carbons (Fsp3) is 0.667. The van der Waals surface area contributed by atoms with Gasteiger partial charge in [-0.1, -0.05) is 6.92 Å². The monoisotopic (exact) mass is 110 g/mol. The second kappa shape index (κ2) is 8.88. The van der Waals surface area contributed by atoms with Crippen LogP contribution in [-0.2, 0) is 22.2 Å². The number of rotatable bonds is 1. The zero-order valence-corrected chi connectivity index (χ0v) is 4.38. The van der Waals surface area contributed by atoms with E-state index in [-0.39, 0.29) is 17.4 Å². The molecule has 0 amide bonds. The zero-order chi connectivity index (χ0) is 3.41. The molecule has 0 radical (unpaired) electrons. The third kappa shape index (κ3) is 14.1. The van der Waals surface area contributed by atoms with Gasteiger partial charge in [-0.2, -0.15) is 0 Å². The average Bonchev–Trinajstić information content (AvgIpc) is 1.37. The van der Waals surface area contributed by atoms with Gasteiger partial charge in [0.25, 0.3) is 0 Å². The molecule has 0 aromatic heterocycles. The molecule has 0 aliphatic rings. The molecule has 5 heavy (non-hydrogen) atoms. The summed E-state index contributed by atoms with van der Waals surface area (Å²) in [6, 6.07) is 0. The van der Waals surface area contributed by atoms with E-state index in [2.05, 4.69) is 0 Å². The third-order valence-electron chi connectivity index (χ3n) is 0.167. The van der Waals surface area contributed by atoms with E-state index in [0.717, 1.165) is 6.29 Å². The number of carbonyl (C=O) groups is 1. The van der Waals surface area contributed by atoms with Gasteiger partial charge in [-0.25, -0.2) is 0 Å². The predicted molar refractivity (Wildman–Crippen MR) is 16.4 cm³/mol. The van der Waals surface area contributed by atoms with Crippen molar-refractivity contribution in [2.24, 2.45) is 0 Å². The van der Waals surface area contributed by atoms with Crippen molar-refractivity contribution in [3.05, 3.63) is 0 Å². The smallest absolute Gasteiger partial charge is 0.119 e. The summed E-state index contributed by atoms with van der Waals surface area (Å²) in [5, 5.41) is 0. The summed E-state index contributed by atoms with van der Waals surface area (Å²) in [6.07, 6.45) is 1.51. The Morgan fingerprint density at radius 2 is 2.00 bits per heavy atom. The first kappa shape index (κ1) is 8.96. The molecule has 0 N–H and O–H groups in total. The van der Waals surface area contributed by atoms with Crippen LogP contribution in [0.1, 0.15) is 13.3 Å². The van der Waals surface area contributed by atoms with Gasteiger partial charge in [-0.3, -0.25) is 0 Å². The van der Waals surface area contributed by atoms with E-state index in [4.69, 9.17) is 0 Å². The van der Waals surface area contributed by atoms with Crippen molar-refractivity contribution in [2.75, 3.05) is 0 Å². The fourth-order valence-corrected chi connectivity index (χ4v) is 0. The summed E-state index contributed by atoms with van der Waals surface area (Å²) in [4.78, 5) is 9.17. The molecule has 0 fully saturated rings. The van der Waals surface area contributed by atoms with Crippen LogP contribution in [0.3, 0.4) is 0 Å². The van der Waals surface area contributed by atoms with Crippen molar-refractivity contribution in [3.8, 4) is 0 Å². The average molecular weight is 110 g/mol.